The van der Waals surface area contributed by atoms with E-state index in [0.717, 1.165) is 56.0 Å². The first-order valence-corrected chi connectivity index (χ1v) is 12.7. The van der Waals surface area contributed by atoms with Gasteiger partial charge in [-0.05, 0) is 67.4 Å². The van der Waals surface area contributed by atoms with Crippen LogP contribution in [0.5, 0.6) is 0 Å². The van der Waals surface area contributed by atoms with Crippen LogP contribution < -0.4 is 15.5 Å². The lowest BCUT2D eigenvalue weighted by atomic mass is 10.1. The maximum Gasteiger partial charge on any atom is 0.323 e. The molecule has 5 rings (SSSR count). The fraction of sp³-hybridized carbons (Fsp3) is 0.241. The maximum absolute atomic E-state index is 12.4. The maximum atomic E-state index is 12.4. The third-order valence-corrected chi connectivity index (χ3v) is 6.91. The van der Waals surface area contributed by atoms with Crippen LogP contribution in [0.25, 0.3) is 10.9 Å². The molecule has 1 saturated heterocycles. The molecule has 2 amide bonds. The number of fused-ring (bicyclic) bond motifs is 1. The van der Waals surface area contributed by atoms with Crippen molar-refractivity contribution in [3.05, 3.63) is 95.1 Å². The molecule has 0 spiro atoms. The third kappa shape index (κ3) is 5.78. The zero-order valence-corrected chi connectivity index (χ0v) is 21.1. The van der Waals surface area contributed by atoms with Gasteiger partial charge in [0.2, 0.25) is 0 Å². The van der Waals surface area contributed by atoms with Crippen LogP contribution in [-0.4, -0.2) is 48.6 Å². The molecule has 1 aromatic heterocycles. The summed E-state index contributed by atoms with van der Waals surface area (Å²) < 4.78 is 0. The van der Waals surface area contributed by atoms with E-state index < -0.39 is 0 Å². The molecule has 0 unspecified atom stereocenters. The van der Waals surface area contributed by atoms with Crippen LogP contribution in [0.3, 0.4) is 0 Å². The van der Waals surface area contributed by atoms with Gasteiger partial charge in [0, 0.05) is 55.2 Å². The zero-order valence-electron chi connectivity index (χ0n) is 20.4. The number of pyridine rings is 1. The van der Waals surface area contributed by atoms with Gasteiger partial charge in [0.1, 0.15) is 0 Å². The average molecular weight is 500 g/mol. The fourth-order valence-corrected chi connectivity index (χ4v) is 4.85. The van der Waals surface area contributed by atoms with Crippen molar-refractivity contribution in [1.29, 1.82) is 0 Å². The Hall–Kier alpha value is -3.61. The highest BCUT2D eigenvalue weighted by Crippen LogP contribution is 2.27. The van der Waals surface area contributed by atoms with Gasteiger partial charge in [0.15, 0.2) is 0 Å². The van der Waals surface area contributed by atoms with Crippen molar-refractivity contribution < 1.29 is 4.79 Å². The van der Waals surface area contributed by atoms with Gasteiger partial charge in [-0.2, -0.15) is 0 Å². The summed E-state index contributed by atoms with van der Waals surface area (Å²) in [5.41, 5.74) is 5.93. The van der Waals surface area contributed by atoms with Crippen molar-refractivity contribution in [2.45, 2.75) is 13.3 Å². The summed E-state index contributed by atoms with van der Waals surface area (Å²) in [4.78, 5) is 22.1. The topological polar surface area (TPSA) is 60.5 Å². The van der Waals surface area contributed by atoms with E-state index in [1.54, 1.807) is 12.1 Å². The summed E-state index contributed by atoms with van der Waals surface area (Å²) >= 11 is 6.13. The number of halogens is 1. The van der Waals surface area contributed by atoms with Crippen LogP contribution >= 0.6 is 11.6 Å². The monoisotopic (exact) mass is 499 g/mol. The zero-order chi connectivity index (χ0) is 24.9. The van der Waals surface area contributed by atoms with Gasteiger partial charge in [-0.1, -0.05) is 41.9 Å². The number of amides is 2. The Morgan fingerprint density at radius 2 is 1.72 bits per heavy atom. The first-order chi connectivity index (χ1) is 17.5. The molecule has 0 saturated carbocycles. The highest BCUT2D eigenvalue weighted by Gasteiger charge is 2.19. The molecule has 3 aromatic carbocycles. The number of hydrogen-bond donors (Lipinski definition) is 2. The number of aromatic nitrogens is 1. The molecule has 0 atom stereocenters. The number of aryl methyl sites for hydroxylation is 1. The second-order valence-electron chi connectivity index (χ2n) is 9.13. The van der Waals surface area contributed by atoms with E-state index in [1.807, 2.05) is 37.3 Å². The quantitative estimate of drug-likeness (QED) is 0.331. The van der Waals surface area contributed by atoms with Crippen LogP contribution in [0, 0.1) is 6.92 Å². The molecule has 4 aromatic rings. The largest absolute Gasteiger partial charge is 0.368 e. The minimum absolute atomic E-state index is 0.310. The molecule has 7 heteroatoms. The van der Waals surface area contributed by atoms with Gasteiger partial charge in [-0.3, -0.25) is 9.88 Å². The minimum atomic E-state index is -0.310. The van der Waals surface area contributed by atoms with Crippen LogP contribution in [0.1, 0.15) is 11.3 Å². The average Bonchev–Trinajstić information content (AvgIpc) is 2.89. The summed E-state index contributed by atoms with van der Waals surface area (Å²) in [6.07, 6.45) is 0.930. The molecule has 2 heterocycles. The number of para-hydroxylation sites is 1. The standard InChI is InChI=1S/C29H30ClN5O/c1-21-12-13-24-26(31-21)10-5-11-28(24)35-18-16-34(17-19-35)15-14-22-6-4-7-23(20-22)32-29(36)33-27-9-3-2-8-25(27)30/h2-13,20H,14-19H2,1H3,(H2,32,33,36). The van der Waals surface area contributed by atoms with E-state index >= 15 is 0 Å². The van der Waals surface area contributed by atoms with Gasteiger partial charge in [-0.25, -0.2) is 4.79 Å². The van der Waals surface area contributed by atoms with Gasteiger partial charge in [0.25, 0.3) is 0 Å². The lowest BCUT2D eigenvalue weighted by Crippen LogP contribution is -2.47. The summed E-state index contributed by atoms with van der Waals surface area (Å²) in [7, 11) is 0. The Labute approximate surface area is 216 Å². The Balaban J connectivity index is 1.13. The lowest BCUT2D eigenvalue weighted by molar-refractivity contribution is 0.261. The van der Waals surface area contributed by atoms with E-state index in [2.05, 4.69) is 61.8 Å². The number of piperazine rings is 1. The van der Waals surface area contributed by atoms with Crippen molar-refractivity contribution in [2.24, 2.45) is 0 Å². The molecule has 6 nitrogen and oxygen atoms in total. The molecule has 36 heavy (non-hydrogen) atoms. The molecule has 184 valence electrons. The number of nitrogens with zero attached hydrogens (tertiary/aromatic N) is 3. The molecule has 0 bridgehead atoms. The highest BCUT2D eigenvalue weighted by atomic mass is 35.5. The summed E-state index contributed by atoms with van der Waals surface area (Å²) in [6, 6.07) is 25.6. The second-order valence-corrected chi connectivity index (χ2v) is 9.54. The third-order valence-electron chi connectivity index (χ3n) is 6.58. The Bertz CT molecular complexity index is 1370. The molecular weight excluding hydrogens is 470 g/mol. The molecule has 2 N–H and O–H groups in total. The normalized spacial score (nSPS) is 14.1. The van der Waals surface area contributed by atoms with Crippen molar-refractivity contribution in [3.8, 4) is 0 Å². The highest BCUT2D eigenvalue weighted by molar-refractivity contribution is 6.33. The van der Waals surface area contributed by atoms with E-state index in [-0.39, 0.29) is 6.03 Å². The summed E-state index contributed by atoms with van der Waals surface area (Å²) in [6.45, 7) is 7.06. The predicted molar refractivity (Wildman–Crippen MR) is 149 cm³/mol. The Morgan fingerprint density at radius 3 is 2.56 bits per heavy atom. The number of hydrogen-bond acceptors (Lipinski definition) is 4. The van der Waals surface area contributed by atoms with Crippen molar-refractivity contribution in [3.63, 3.8) is 0 Å². The lowest BCUT2D eigenvalue weighted by Gasteiger charge is -2.36. The second kappa shape index (κ2) is 11.0. The molecule has 1 fully saturated rings. The fourth-order valence-electron chi connectivity index (χ4n) is 4.67. The van der Waals surface area contributed by atoms with Crippen LogP contribution in [0.15, 0.2) is 78.9 Å². The number of anilines is 3. The van der Waals surface area contributed by atoms with Crippen LogP contribution in [0.4, 0.5) is 21.9 Å². The Morgan fingerprint density at radius 1 is 0.917 bits per heavy atom. The minimum Gasteiger partial charge on any atom is -0.368 e. The molecule has 0 radical (unpaired) electrons. The van der Waals surface area contributed by atoms with Gasteiger partial charge < -0.3 is 15.5 Å². The first-order valence-electron chi connectivity index (χ1n) is 12.3. The number of benzene rings is 3. The number of rotatable bonds is 6. The van der Waals surface area contributed by atoms with E-state index in [4.69, 9.17) is 11.6 Å². The summed E-state index contributed by atoms with van der Waals surface area (Å²) in [5, 5.41) is 7.43. The first kappa shape index (κ1) is 24.1. The van der Waals surface area contributed by atoms with Crippen LogP contribution in [0.2, 0.25) is 5.02 Å². The molecule has 0 aliphatic carbocycles. The predicted octanol–water partition coefficient (Wildman–Crippen LogP) is 6.21. The molecular formula is C29H30ClN5O. The van der Waals surface area contributed by atoms with E-state index in [1.165, 1.54) is 16.6 Å². The van der Waals surface area contributed by atoms with E-state index in [9.17, 15) is 4.79 Å². The van der Waals surface area contributed by atoms with Crippen molar-refractivity contribution in [1.82, 2.24) is 9.88 Å². The van der Waals surface area contributed by atoms with Gasteiger partial charge in [0.05, 0.1) is 16.2 Å². The number of nitrogens with one attached hydrogen (secondary N) is 2. The Kier molecular flexibility index (Phi) is 7.35. The molecule has 1 aliphatic heterocycles. The van der Waals surface area contributed by atoms with E-state index in [0.29, 0.717) is 10.7 Å². The van der Waals surface area contributed by atoms with Crippen molar-refractivity contribution in [2.75, 3.05) is 48.3 Å². The number of urea groups is 1. The molecule has 1 aliphatic rings. The SMILES string of the molecule is Cc1ccc2c(N3CCN(CCc4cccc(NC(=O)Nc5ccccc5Cl)c4)CC3)cccc2n1. The summed E-state index contributed by atoms with van der Waals surface area (Å²) in [5.74, 6) is 0. The van der Waals surface area contributed by atoms with Gasteiger partial charge >= 0.3 is 6.03 Å². The van der Waals surface area contributed by atoms with Crippen molar-refractivity contribution >= 4 is 45.6 Å². The smallest absolute Gasteiger partial charge is 0.323 e. The number of carbonyl (C=O) groups excluding carboxylic acids is 1. The number of carbonyl (C=O) groups is 1. The van der Waals surface area contributed by atoms with Gasteiger partial charge in [-0.15, -0.1) is 0 Å². The van der Waals surface area contributed by atoms with Crippen LogP contribution in [-0.2, 0) is 6.42 Å².